The van der Waals surface area contributed by atoms with Crippen molar-refractivity contribution in [1.29, 1.82) is 0 Å². The van der Waals surface area contributed by atoms with Crippen LogP contribution >= 0.6 is 0 Å². The molecule has 0 spiro atoms. The topological polar surface area (TPSA) is 208 Å². The van der Waals surface area contributed by atoms with E-state index in [0.29, 0.717) is 11.3 Å². The standard InChI is InChI=1S/C28H37NO12/c1-13-6-5-7-14(2)20(13)29-16-9-4-3-8-15(16)10-19(31)38-12-18-22(33)24(35)26(37)28(40-18)41-27-25(36)23(34)21(32)17(11-30)39-27/h3-9,17-18,21-30,32-37H,10-12H2,1-2H3/t17?,18?,21-,22-,23?,24?,25-,26-,27-,28-/m1/s1. The van der Waals surface area contributed by atoms with Gasteiger partial charge >= 0.3 is 5.97 Å². The Kier molecular flexibility index (Phi) is 10.3. The number of carbonyl (C=O) groups excluding carboxylic acids is 1. The lowest BCUT2D eigenvalue weighted by Crippen LogP contribution is -2.63. The summed E-state index contributed by atoms with van der Waals surface area (Å²) in [6.07, 6.45) is -16.5. The van der Waals surface area contributed by atoms with E-state index in [1.807, 2.05) is 44.2 Å². The number of hydrogen-bond acceptors (Lipinski definition) is 13. The molecule has 0 saturated carbocycles. The predicted octanol–water partition coefficient (Wildman–Crippen LogP) is -1.24. The lowest BCUT2D eigenvalue weighted by atomic mass is 9.98. The number of para-hydroxylation sites is 2. The Morgan fingerprint density at radius 3 is 1.95 bits per heavy atom. The fourth-order valence-corrected chi connectivity index (χ4v) is 4.80. The molecule has 0 radical (unpaired) electrons. The molecule has 0 bridgehead atoms. The highest BCUT2D eigenvalue weighted by molar-refractivity contribution is 5.77. The molecule has 13 nitrogen and oxygen atoms in total. The van der Waals surface area contributed by atoms with E-state index < -0.39 is 80.6 Å². The Bertz CT molecular complexity index is 1160. The van der Waals surface area contributed by atoms with Crippen LogP contribution < -0.4 is 5.32 Å². The third kappa shape index (κ3) is 7.04. The van der Waals surface area contributed by atoms with E-state index in [1.54, 1.807) is 12.1 Å². The molecule has 41 heavy (non-hydrogen) atoms. The van der Waals surface area contributed by atoms with E-state index in [9.17, 15) is 40.5 Å². The van der Waals surface area contributed by atoms with Crippen LogP contribution in [-0.2, 0) is 30.2 Å². The second kappa shape index (κ2) is 13.5. The fourth-order valence-electron chi connectivity index (χ4n) is 4.80. The maximum Gasteiger partial charge on any atom is 0.310 e. The molecule has 0 aromatic heterocycles. The van der Waals surface area contributed by atoms with Crippen LogP contribution in [0.5, 0.6) is 0 Å². The Morgan fingerprint density at radius 2 is 1.34 bits per heavy atom. The highest BCUT2D eigenvalue weighted by atomic mass is 16.8. The van der Waals surface area contributed by atoms with Crippen LogP contribution in [0.1, 0.15) is 16.7 Å². The van der Waals surface area contributed by atoms with Crippen molar-refractivity contribution in [3.8, 4) is 0 Å². The van der Waals surface area contributed by atoms with Gasteiger partial charge in [0.15, 0.2) is 12.6 Å². The number of rotatable bonds is 9. The van der Waals surface area contributed by atoms with Crippen molar-refractivity contribution in [2.24, 2.45) is 0 Å². The smallest absolute Gasteiger partial charge is 0.310 e. The van der Waals surface area contributed by atoms with Gasteiger partial charge in [-0.15, -0.1) is 0 Å². The maximum atomic E-state index is 12.8. The first kappa shape index (κ1) is 31.3. The minimum atomic E-state index is -1.81. The van der Waals surface area contributed by atoms with Gasteiger partial charge < -0.3 is 60.0 Å². The van der Waals surface area contributed by atoms with Gasteiger partial charge in [-0.25, -0.2) is 0 Å². The van der Waals surface area contributed by atoms with E-state index in [0.717, 1.165) is 16.8 Å². The molecule has 2 aliphatic heterocycles. The van der Waals surface area contributed by atoms with Crippen LogP contribution in [0.25, 0.3) is 0 Å². The molecular formula is C28H37NO12. The molecule has 0 aliphatic carbocycles. The third-order valence-corrected chi connectivity index (χ3v) is 7.29. The molecule has 2 aromatic carbocycles. The summed E-state index contributed by atoms with van der Waals surface area (Å²) in [5, 5.41) is 74.0. The van der Waals surface area contributed by atoms with Crippen LogP contribution in [-0.4, -0.2) is 116 Å². The summed E-state index contributed by atoms with van der Waals surface area (Å²) in [6.45, 7) is 2.73. The predicted molar refractivity (Wildman–Crippen MR) is 142 cm³/mol. The SMILES string of the molecule is Cc1cccc(C)c1Nc1ccccc1CC(=O)OCC1O[C@H](O[C@H]2OC(CO)[C@@H](O)C(O)[C@H]2O)[C@H](O)C(O)[C@@H]1O. The Hall–Kier alpha value is -2.69. The Labute approximate surface area is 236 Å². The second-order valence-electron chi connectivity index (χ2n) is 10.3. The van der Waals surface area contributed by atoms with Gasteiger partial charge in [-0.05, 0) is 36.6 Å². The summed E-state index contributed by atoms with van der Waals surface area (Å²) in [6, 6.07) is 13.1. The molecule has 226 valence electrons. The van der Waals surface area contributed by atoms with Gasteiger partial charge in [0.1, 0.15) is 55.4 Å². The monoisotopic (exact) mass is 579 g/mol. The number of carbonyl (C=O) groups is 1. The average molecular weight is 580 g/mol. The maximum absolute atomic E-state index is 12.8. The molecular weight excluding hydrogens is 542 g/mol. The van der Waals surface area contributed by atoms with Gasteiger partial charge in [-0.3, -0.25) is 4.79 Å². The number of hydrogen-bond donors (Lipinski definition) is 8. The molecule has 2 saturated heterocycles. The highest BCUT2D eigenvalue weighted by Gasteiger charge is 2.49. The summed E-state index contributed by atoms with van der Waals surface area (Å²) in [4.78, 5) is 12.8. The number of aliphatic hydroxyl groups excluding tert-OH is 7. The fraction of sp³-hybridized carbons (Fsp3) is 0.536. The zero-order chi connectivity index (χ0) is 29.8. The van der Waals surface area contributed by atoms with Gasteiger partial charge in [0.25, 0.3) is 0 Å². The van der Waals surface area contributed by atoms with Crippen molar-refractivity contribution in [3.63, 3.8) is 0 Å². The minimum absolute atomic E-state index is 0.118. The number of aliphatic hydroxyl groups is 7. The number of esters is 1. The molecule has 2 heterocycles. The molecule has 8 N–H and O–H groups in total. The zero-order valence-corrected chi connectivity index (χ0v) is 22.6. The van der Waals surface area contributed by atoms with Crippen LogP contribution in [0.15, 0.2) is 42.5 Å². The first-order valence-corrected chi connectivity index (χ1v) is 13.2. The van der Waals surface area contributed by atoms with Crippen molar-refractivity contribution in [1.82, 2.24) is 0 Å². The van der Waals surface area contributed by atoms with E-state index >= 15 is 0 Å². The van der Waals surface area contributed by atoms with E-state index in [1.165, 1.54) is 0 Å². The Balaban J connectivity index is 1.38. The Morgan fingerprint density at radius 1 is 0.780 bits per heavy atom. The summed E-state index contributed by atoms with van der Waals surface area (Å²) >= 11 is 0. The van der Waals surface area contributed by atoms with Gasteiger partial charge in [-0.1, -0.05) is 36.4 Å². The van der Waals surface area contributed by atoms with Gasteiger partial charge in [-0.2, -0.15) is 0 Å². The first-order valence-electron chi connectivity index (χ1n) is 13.2. The summed E-state index contributed by atoms with van der Waals surface area (Å²) < 4.78 is 21.5. The minimum Gasteiger partial charge on any atom is -0.463 e. The number of benzene rings is 2. The van der Waals surface area contributed by atoms with E-state index in [2.05, 4.69) is 5.32 Å². The molecule has 2 aliphatic rings. The average Bonchev–Trinajstić information content (AvgIpc) is 2.95. The molecule has 0 amide bonds. The van der Waals surface area contributed by atoms with Crippen molar-refractivity contribution < 1.29 is 59.5 Å². The van der Waals surface area contributed by atoms with Crippen LogP contribution in [0, 0.1) is 13.8 Å². The second-order valence-corrected chi connectivity index (χ2v) is 10.3. The van der Waals surface area contributed by atoms with Crippen molar-refractivity contribution in [2.75, 3.05) is 18.5 Å². The quantitative estimate of drug-likeness (QED) is 0.164. The zero-order valence-electron chi connectivity index (χ0n) is 22.6. The summed E-state index contributed by atoms with van der Waals surface area (Å²) in [7, 11) is 0. The highest BCUT2D eigenvalue weighted by Crippen LogP contribution is 2.29. The molecule has 4 unspecified atom stereocenters. The van der Waals surface area contributed by atoms with Gasteiger partial charge in [0.2, 0.25) is 0 Å². The summed E-state index contributed by atoms with van der Waals surface area (Å²) in [5.41, 5.74) is 4.36. The summed E-state index contributed by atoms with van der Waals surface area (Å²) in [5.74, 6) is -0.649. The van der Waals surface area contributed by atoms with Crippen molar-refractivity contribution in [3.05, 3.63) is 59.2 Å². The number of nitrogens with one attached hydrogen (secondary N) is 1. The van der Waals surface area contributed by atoms with Crippen LogP contribution in [0.2, 0.25) is 0 Å². The van der Waals surface area contributed by atoms with Crippen molar-refractivity contribution >= 4 is 17.3 Å². The van der Waals surface area contributed by atoms with Gasteiger partial charge in [0.05, 0.1) is 13.0 Å². The van der Waals surface area contributed by atoms with Crippen LogP contribution in [0.4, 0.5) is 11.4 Å². The van der Waals surface area contributed by atoms with Gasteiger partial charge in [0, 0.05) is 11.4 Å². The molecule has 4 rings (SSSR count). The normalized spacial score (nSPS) is 33.8. The van der Waals surface area contributed by atoms with E-state index in [4.69, 9.17) is 18.9 Å². The lowest BCUT2D eigenvalue weighted by Gasteiger charge is -2.44. The number of ether oxygens (including phenoxy) is 4. The molecule has 2 aromatic rings. The first-order chi connectivity index (χ1) is 19.5. The van der Waals surface area contributed by atoms with E-state index in [-0.39, 0.29) is 6.42 Å². The largest absolute Gasteiger partial charge is 0.463 e. The number of anilines is 2. The molecule has 10 atom stereocenters. The third-order valence-electron chi connectivity index (χ3n) is 7.29. The molecule has 13 heteroatoms. The molecule has 2 fully saturated rings. The number of aryl methyl sites for hydroxylation is 2. The van der Waals surface area contributed by atoms with Crippen molar-refractivity contribution in [2.45, 2.75) is 81.7 Å². The van der Waals surface area contributed by atoms with Crippen LogP contribution in [0.3, 0.4) is 0 Å². The lowest BCUT2D eigenvalue weighted by molar-refractivity contribution is -0.376.